The van der Waals surface area contributed by atoms with Gasteiger partial charge in [0.15, 0.2) is 0 Å². The van der Waals surface area contributed by atoms with Crippen LogP contribution in [0.5, 0.6) is 5.75 Å². The molecule has 114 valence electrons. The van der Waals surface area contributed by atoms with Gasteiger partial charge in [-0.25, -0.2) is 0 Å². The molecule has 4 heteroatoms. The Labute approximate surface area is 126 Å². The van der Waals surface area contributed by atoms with Crippen molar-refractivity contribution in [1.29, 1.82) is 0 Å². The molecule has 21 heavy (non-hydrogen) atoms. The molecule has 1 aromatic heterocycles. The Morgan fingerprint density at radius 1 is 1.24 bits per heavy atom. The van der Waals surface area contributed by atoms with Crippen LogP contribution in [0.4, 0.5) is 0 Å². The van der Waals surface area contributed by atoms with Crippen LogP contribution < -0.4 is 10.1 Å². The number of rotatable bonds is 7. The third kappa shape index (κ3) is 4.09. The molecular formula is C17H24N2O2. The lowest BCUT2D eigenvalue weighted by molar-refractivity contribution is 0.280. The lowest BCUT2D eigenvalue weighted by Gasteiger charge is -2.27. The summed E-state index contributed by atoms with van der Waals surface area (Å²) in [4.78, 5) is 2.21. The Bertz CT molecular complexity index is 537. The van der Waals surface area contributed by atoms with E-state index < -0.39 is 0 Å². The minimum atomic E-state index is 0.261. The number of ether oxygens (including phenoxy) is 1. The summed E-state index contributed by atoms with van der Waals surface area (Å²) in [5.74, 6) is 0.891. The maximum atomic E-state index is 5.32. The number of nitrogens with zero attached hydrogens (tertiary/aromatic N) is 1. The van der Waals surface area contributed by atoms with Gasteiger partial charge >= 0.3 is 0 Å². The maximum Gasteiger partial charge on any atom is 0.119 e. The van der Waals surface area contributed by atoms with Crippen LogP contribution in [0.15, 0.2) is 47.3 Å². The van der Waals surface area contributed by atoms with Gasteiger partial charge in [-0.1, -0.05) is 12.1 Å². The standard InChI is InChI=1S/C17H24N2O2/c1-13(15-8-9-21-12-15)18-11-17(19(2)3)14-6-5-7-16(10-14)20-4/h5-10,12-13,17-18H,11H2,1-4H3. The van der Waals surface area contributed by atoms with E-state index in [-0.39, 0.29) is 12.1 Å². The average Bonchev–Trinajstić information content (AvgIpc) is 3.01. The molecule has 0 amide bonds. The first-order chi connectivity index (χ1) is 10.1. The van der Waals surface area contributed by atoms with Crippen molar-refractivity contribution in [2.45, 2.75) is 19.0 Å². The summed E-state index contributed by atoms with van der Waals surface area (Å²) in [5, 5.41) is 3.56. The summed E-state index contributed by atoms with van der Waals surface area (Å²) in [5.41, 5.74) is 2.41. The van der Waals surface area contributed by atoms with Gasteiger partial charge in [0.2, 0.25) is 0 Å². The molecule has 0 aliphatic rings. The van der Waals surface area contributed by atoms with Gasteiger partial charge in [-0.15, -0.1) is 0 Å². The highest BCUT2D eigenvalue weighted by atomic mass is 16.5. The van der Waals surface area contributed by atoms with Gasteiger partial charge in [-0.2, -0.15) is 0 Å². The van der Waals surface area contributed by atoms with Gasteiger partial charge in [0, 0.05) is 24.2 Å². The minimum absolute atomic E-state index is 0.261. The second-order valence-electron chi connectivity index (χ2n) is 5.44. The van der Waals surface area contributed by atoms with Crippen molar-refractivity contribution in [1.82, 2.24) is 10.2 Å². The number of nitrogens with one attached hydrogen (secondary N) is 1. The number of hydrogen-bond acceptors (Lipinski definition) is 4. The smallest absolute Gasteiger partial charge is 0.119 e. The number of hydrogen-bond donors (Lipinski definition) is 1. The molecule has 2 rings (SSSR count). The van der Waals surface area contributed by atoms with Crippen LogP contribution in [-0.2, 0) is 0 Å². The number of benzene rings is 1. The molecule has 2 aromatic rings. The first-order valence-electron chi connectivity index (χ1n) is 7.17. The quantitative estimate of drug-likeness (QED) is 0.848. The molecule has 0 bridgehead atoms. The van der Waals surface area contributed by atoms with Gasteiger partial charge < -0.3 is 19.4 Å². The number of methoxy groups -OCH3 is 1. The number of furan rings is 1. The van der Waals surface area contributed by atoms with E-state index in [2.05, 4.69) is 43.4 Å². The van der Waals surface area contributed by atoms with Crippen LogP contribution in [0.1, 0.15) is 30.1 Å². The molecule has 0 radical (unpaired) electrons. The lowest BCUT2D eigenvalue weighted by Crippen LogP contribution is -2.32. The van der Waals surface area contributed by atoms with E-state index in [9.17, 15) is 0 Å². The van der Waals surface area contributed by atoms with E-state index in [0.717, 1.165) is 17.9 Å². The SMILES string of the molecule is COc1cccc(C(CNC(C)c2ccoc2)N(C)C)c1. The minimum Gasteiger partial charge on any atom is -0.497 e. The van der Waals surface area contributed by atoms with Crippen LogP contribution in [0.25, 0.3) is 0 Å². The van der Waals surface area contributed by atoms with Gasteiger partial charge in [-0.3, -0.25) is 0 Å². The fourth-order valence-corrected chi connectivity index (χ4v) is 2.38. The Kier molecular flexibility index (Phi) is 5.42. The molecule has 1 N–H and O–H groups in total. The number of likely N-dealkylation sites (N-methyl/N-ethyl adjacent to an activating group) is 1. The van der Waals surface area contributed by atoms with Gasteiger partial charge in [0.25, 0.3) is 0 Å². The van der Waals surface area contributed by atoms with Crippen molar-refractivity contribution in [2.24, 2.45) is 0 Å². The normalized spacial score (nSPS) is 14.1. The van der Waals surface area contributed by atoms with Gasteiger partial charge in [0.05, 0.1) is 19.6 Å². The van der Waals surface area contributed by atoms with Crippen LogP contribution in [0.2, 0.25) is 0 Å². The van der Waals surface area contributed by atoms with Crippen LogP contribution >= 0.6 is 0 Å². The van der Waals surface area contributed by atoms with Crippen molar-refractivity contribution in [3.63, 3.8) is 0 Å². The zero-order valence-electron chi connectivity index (χ0n) is 13.2. The van der Waals surface area contributed by atoms with E-state index in [1.807, 2.05) is 18.2 Å². The Morgan fingerprint density at radius 3 is 2.67 bits per heavy atom. The van der Waals surface area contributed by atoms with Crippen LogP contribution in [0, 0.1) is 0 Å². The summed E-state index contributed by atoms with van der Waals surface area (Å²) in [6, 6.07) is 10.8. The summed E-state index contributed by atoms with van der Waals surface area (Å²) >= 11 is 0. The molecule has 0 saturated heterocycles. The predicted octanol–water partition coefficient (Wildman–Crippen LogP) is 3.24. The molecule has 4 nitrogen and oxygen atoms in total. The molecule has 2 unspecified atom stereocenters. The predicted molar refractivity (Wildman–Crippen MR) is 84.5 cm³/mol. The lowest BCUT2D eigenvalue weighted by atomic mass is 10.0. The maximum absolute atomic E-state index is 5.32. The van der Waals surface area contributed by atoms with Gasteiger partial charge in [0.1, 0.15) is 5.75 Å². The Morgan fingerprint density at radius 2 is 2.05 bits per heavy atom. The Hall–Kier alpha value is -1.78. The second-order valence-corrected chi connectivity index (χ2v) is 5.44. The van der Waals surface area contributed by atoms with E-state index >= 15 is 0 Å². The molecule has 0 spiro atoms. The fraction of sp³-hybridized carbons (Fsp3) is 0.412. The third-order valence-corrected chi connectivity index (χ3v) is 3.76. The van der Waals surface area contributed by atoms with Crippen LogP contribution in [-0.4, -0.2) is 32.6 Å². The third-order valence-electron chi connectivity index (χ3n) is 3.76. The van der Waals surface area contributed by atoms with Crippen molar-refractivity contribution in [2.75, 3.05) is 27.7 Å². The summed E-state index contributed by atoms with van der Waals surface area (Å²) in [7, 11) is 5.88. The topological polar surface area (TPSA) is 37.6 Å². The molecule has 0 aliphatic heterocycles. The van der Waals surface area contributed by atoms with E-state index in [1.54, 1.807) is 19.6 Å². The molecule has 0 saturated carbocycles. The molecule has 0 fully saturated rings. The molecule has 1 heterocycles. The summed E-state index contributed by atoms with van der Waals surface area (Å²) in [6.07, 6.45) is 3.49. The summed E-state index contributed by atoms with van der Waals surface area (Å²) < 4.78 is 10.5. The largest absolute Gasteiger partial charge is 0.497 e. The fourth-order valence-electron chi connectivity index (χ4n) is 2.38. The monoisotopic (exact) mass is 288 g/mol. The highest BCUT2D eigenvalue weighted by Gasteiger charge is 2.16. The second kappa shape index (κ2) is 7.29. The zero-order valence-corrected chi connectivity index (χ0v) is 13.2. The molecular weight excluding hydrogens is 264 g/mol. The van der Waals surface area contributed by atoms with E-state index in [4.69, 9.17) is 9.15 Å². The van der Waals surface area contributed by atoms with Crippen molar-refractivity contribution >= 4 is 0 Å². The molecule has 0 aliphatic carbocycles. The average molecular weight is 288 g/mol. The van der Waals surface area contributed by atoms with E-state index in [1.165, 1.54) is 5.56 Å². The Balaban J connectivity index is 2.05. The zero-order chi connectivity index (χ0) is 15.2. The molecule has 2 atom stereocenters. The van der Waals surface area contributed by atoms with Crippen molar-refractivity contribution in [3.8, 4) is 5.75 Å². The van der Waals surface area contributed by atoms with Crippen molar-refractivity contribution in [3.05, 3.63) is 54.0 Å². The highest BCUT2D eigenvalue weighted by molar-refractivity contribution is 5.30. The van der Waals surface area contributed by atoms with Gasteiger partial charge in [-0.05, 0) is 44.8 Å². The highest BCUT2D eigenvalue weighted by Crippen LogP contribution is 2.23. The molecule has 1 aromatic carbocycles. The first-order valence-corrected chi connectivity index (χ1v) is 7.17. The first kappa shape index (κ1) is 15.6. The van der Waals surface area contributed by atoms with Crippen molar-refractivity contribution < 1.29 is 9.15 Å². The van der Waals surface area contributed by atoms with Crippen LogP contribution in [0.3, 0.4) is 0 Å². The summed E-state index contributed by atoms with van der Waals surface area (Å²) in [6.45, 7) is 3.00. The van der Waals surface area contributed by atoms with E-state index in [0.29, 0.717) is 0 Å².